The van der Waals surface area contributed by atoms with E-state index in [4.69, 9.17) is 5.73 Å². The number of aryl methyl sites for hydroxylation is 2. The number of amides is 1. The van der Waals surface area contributed by atoms with E-state index < -0.39 is 0 Å². The van der Waals surface area contributed by atoms with Crippen molar-refractivity contribution >= 4 is 11.6 Å². The summed E-state index contributed by atoms with van der Waals surface area (Å²) in [5, 5.41) is 2.92. The zero-order chi connectivity index (χ0) is 14.4. The summed E-state index contributed by atoms with van der Waals surface area (Å²) in [4.78, 5) is 11.8. The van der Waals surface area contributed by atoms with Crippen LogP contribution in [0.1, 0.15) is 23.1 Å². The molecule has 0 aliphatic heterocycles. The van der Waals surface area contributed by atoms with E-state index in [1.54, 1.807) is 0 Å². The minimum Gasteiger partial charge on any atom is -0.399 e. The standard InChI is InChI=1S/C17H20N2O/c1-13-3-2-4-14(11-13)7-10-17(20)19-12-15-5-8-16(18)9-6-15/h2-6,8-9,11H,7,10,12,18H2,1H3,(H,19,20). The summed E-state index contributed by atoms with van der Waals surface area (Å²) in [5.41, 5.74) is 9.84. The molecular weight excluding hydrogens is 248 g/mol. The molecule has 0 spiro atoms. The van der Waals surface area contributed by atoms with E-state index in [0.29, 0.717) is 13.0 Å². The van der Waals surface area contributed by atoms with Gasteiger partial charge in [-0.1, -0.05) is 42.0 Å². The predicted molar refractivity (Wildman–Crippen MR) is 82.2 cm³/mol. The summed E-state index contributed by atoms with van der Waals surface area (Å²) in [6, 6.07) is 15.8. The number of nitrogens with two attached hydrogens (primary N) is 1. The Bertz CT molecular complexity index is 576. The summed E-state index contributed by atoms with van der Waals surface area (Å²) >= 11 is 0. The minimum absolute atomic E-state index is 0.0725. The normalized spacial score (nSPS) is 10.2. The van der Waals surface area contributed by atoms with Crippen LogP contribution in [-0.2, 0) is 17.8 Å². The van der Waals surface area contributed by atoms with Crippen molar-refractivity contribution in [2.24, 2.45) is 0 Å². The average molecular weight is 268 g/mol. The third kappa shape index (κ3) is 4.43. The summed E-state index contributed by atoms with van der Waals surface area (Å²) in [5.74, 6) is 0.0725. The topological polar surface area (TPSA) is 55.1 Å². The van der Waals surface area contributed by atoms with Crippen molar-refractivity contribution in [2.75, 3.05) is 5.73 Å². The molecule has 0 aliphatic carbocycles. The Labute approximate surface area is 119 Å². The number of carbonyl (C=O) groups is 1. The smallest absolute Gasteiger partial charge is 0.220 e. The third-order valence-electron chi connectivity index (χ3n) is 3.19. The second-order valence-electron chi connectivity index (χ2n) is 5.01. The Balaban J connectivity index is 1.77. The highest BCUT2D eigenvalue weighted by Crippen LogP contribution is 2.07. The van der Waals surface area contributed by atoms with Gasteiger partial charge >= 0.3 is 0 Å². The Morgan fingerprint density at radius 1 is 1.10 bits per heavy atom. The molecule has 3 N–H and O–H groups in total. The van der Waals surface area contributed by atoms with Gasteiger partial charge in [0.05, 0.1) is 0 Å². The van der Waals surface area contributed by atoms with Crippen LogP contribution in [0.2, 0.25) is 0 Å². The molecule has 0 bridgehead atoms. The minimum atomic E-state index is 0.0725. The SMILES string of the molecule is Cc1cccc(CCC(=O)NCc2ccc(N)cc2)c1. The van der Waals surface area contributed by atoms with Gasteiger partial charge in [0, 0.05) is 18.7 Å². The summed E-state index contributed by atoms with van der Waals surface area (Å²) in [6.45, 7) is 2.61. The van der Waals surface area contributed by atoms with E-state index in [1.807, 2.05) is 30.3 Å². The van der Waals surface area contributed by atoms with Gasteiger partial charge in [0.15, 0.2) is 0 Å². The van der Waals surface area contributed by atoms with Gasteiger partial charge in [-0.05, 0) is 36.6 Å². The van der Waals surface area contributed by atoms with Crippen molar-refractivity contribution in [2.45, 2.75) is 26.3 Å². The molecule has 3 heteroatoms. The molecule has 3 nitrogen and oxygen atoms in total. The fraction of sp³-hybridized carbons (Fsp3) is 0.235. The van der Waals surface area contributed by atoms with E-state index in [0.717, 1.165) is 17.7 Å². The van der Waals surface area contributed by atoms with Crippen molar-refractivity contribution in [1.82, 2.24) is 5.32 Å². The maximum absolute atomic E-state index is 11.8. The number of nitrogen functional groups attached to an aromatic ring is 1. The molecular formula is C17H20N2O. The zero-order valence-corrected chi connectivity index (χ0v) is 11.7. The molecule has 0 unspecified atom stereocenters. The van der Waals surface area contributed by atoms with Gasteiger partial charge in [-0.15, -0.1) is 0 Å². The first-order valence-corrected chi connectivity index (χ1v) is 6.80. The van der Waals surface area contributed by atoms with Crippen molar-refractivity contribution in [3.63, 3.8) is 0 Å². The average Bonchev–Trinajstić information content (AvgIpc) is 2.45. The molecule has 1 amide bonds. The van der Waals surface area contributed by atoms with Gasteiger partial charge in [0.1, 0.15) is 0 Å². The largest absolute Gasteiger partial charge is 0.399 e. The number of carbonyl (C=O) groups excluding carboxylic acids is 1. The lowest BCUT2D eigenvalue weighted by atomic mass is 10.1. The number of hydrogen-bond acceptors (Lipinski definition) is 2. The lowest BCUT2D eigenvalue weighted by Gasteiger charge is -2.06. The van der Waals surface area contributed by atoms with E-state index in [2.05, 4.69) is 30.4 Å². The highest BCUT2D eigenvalue weighted by atomic mass is 16.1. The second kappa shape index (κ2) is 6.75. The summed E-state index contributed by atoms with van der Waals surface area (Å²) < 4.78 is 0. The van der Waals surface area contributed by atoms with Gasteiger partial charge < -0.3 is 11.1 Å². The molecule has 0 atom stereocenters. The summed E-state index contributed by atoms with van der Waals surface area (Å²) in [6.07, 6.45) is 1.29. The number of rotatable bonds is 5. The first-order chi connectivity index (χ1) is 9.63. The van der Waals surface area contributed by atoms with Gasteiger partial charge in [-0.25, -0.2) is 0 Å². The fourth-order valence-electron chi connectivity index (χ4n) is 2.05. The first kappa shape index (κ1) is 14.1. The van der Waals surface area contributed by atoms with Crippen LogP contribution in [0, 0.1) is 6.92 Å². The van der Waals surface area contributed by atoms with Crippen LogP contribution in [0.15, 0.2) is 48.5 Å². The van der Waals surface area contributed by atoms with Crippen LogP contribution in [0.25, 0.3) is 0 Å². The highest BCUT2D eigenvalue weighted by molar-refractivity contribution is 5.76. The Morgan fingerprint density at radius 3 is 2.55 bits per heavy atom. The molecule has 2 aromatic carbocycles. The van der Waals surface area contributed by atoms with Gasteiger partial charge in [-0.2, -0.15) is 0 Å². The Morgan fingerprint density at radius 2 is 1.85 bits per heavy atom. The number of anilines is 1. The molecule has 0 radical (unpaired) electrons. The van der Waals surface area contributed by atoms with Crippen molar-refractivity contribution in [1.29, 1.82) is 0 Å². The first-order valence-electron chi connectivity index (χ1n) is 6.80. The second-order valence-corrected chi connectivity index (χ2v) is 5.01. The van der Waals surface area contributed by atoms with Gasteiger partial charge in [0.25, 0.3) is 0 Å². The Kier molecular flexibility index (Phi) is 4.77. The molecule has 0 saturated heterocycles. The maximum atomic E-state index is 11.8. The Hall–Kier alpha value is -2.29. The maximum Gasteiger partial charge on any atom is 0.220 e. The fourth-order valence-corrected chi connectivity index (χ4v) is 2.05. The molecule has 2 aromatic rings. The third-order valence-corrected chi connectivity index (χ3v) is 3.19. The zero-order valence-electron chi connectivity index (χ0n) is 11.7. The monoisotopic (exact) mass is 268 g/mol. The van der Waals surface area contributed by atoms with Crippen molar-refractivity contribution < 1.29 is 4.79 Å². The van der Waals surface area contributed by atoms with Crippen molar-refractivity contribution in [3.05, 3.63) is 65.2 Å². The van der Waals surface area contributed by atoms with Crippen LogP contribution >= 0.6 is 0 Å². The van der Waals surface area contributed by atoms with Crippen molar-refractivity contribution in [3.8, 4) is 0 Å². The quantitative estimate of drug-likeness (QED) is 0.819. The molecule has 0 saturated carbocycles. The highest BCUT2D eigenvalue weighted by Gasteiger charge is 2.02. The van der Waals surface area contributed by atoms with Crippen LogP contribution in [0.3, 0.4) is 0 Å². The lowest BCUT2D eigenvalue weighted by Crippen LogP contribution is -2.22. The molecule has 0 heterocycles. The van der Waals surface area contributed by atoms with Crippen LogP contribution in [0.5, 0.6) is 0 Å². The number of benzene rings is 2. The molecule has 0 aliphatic rings. The van der Waals surface area contributed by atoms with E-state index in [-0.39, 0.29) is 5.91 Å². The molecule has 20 heavy (non-hydrogen) atoms. The predicted octanol–water partition coefficient (Wildman–Crippen LogP) is 2.83. The van der Waals surface area contributed by atoms with Crippen LogP contribution in [0.4, 0.5) is 5.69 Å². The van der Waals surface area contributed by atoms with E-state index in [1.165, 1.54) is 11.1 Å². The summed E-state index contributed by atoms with van der Waals surface area (Å²) in [7, 11) is 0. The molecule has 104 valence electrons. The van der Waals surface area contributed by atoms with E-state index in [9.17, 15) is 4.79 Å². The number of nitrogens with one attached hydrogen (secondary N) is 1. The molecule has 0 aromatic heterocycles. The molecule has 0 fully saturated rings. The van der Waals surface area contributed by atoms with Gasteiger partial charge in [-0.3, -0.25) is 4.79 Å². The van der Waals surface area contributed by atoms with Gasteiger partial charge in [0.2, 0.25) is 5.91 Å². The number of hydrogen-bond donors (Lipinski definition) is 2. The van der Waals surface area contributed by atoms with E-state index >= 15 is 0 Å². The lowest BCUT2D eigenvalue weighted by molar-refractivity contribution is -0.121. The van der Waals surface area contributed by atoms with Crippen LogP contribution < -0.4 is 11.1 Å². The molecule has 2 rings (SSSR count). The van der Waals surface area contributed by atoms with Crippen LogP contribution in [-0.4, -0.2) is 5.91 Å².